The lowest BCUT2D eigenvalue weighted by Gasteiger charge is -2.26. The minimum absolute atomic E-state index is 0.0459. The zero-order valence-electron chi connectivity index (χ0n) is 15.8. The van der Waals surface area contributed by atoms with Crippen molar-refractivity contribution in [1.29, 1.82) is 0 Å². The molecule has 2 aromatic carbocycles. The molecule has 0 bridgehead atoms. The van der Waals surface area contributed by atoms with Gasteiger partial charge in [0.2, 0.25) is 0 Å². The van der Waals surface area contributed by atoms with E-state index in [-0.39, 0.29) is 18.2 Å². The van der Waals surface area contributed by atoms with Gasteiger partial charge >= 0.3 is 0 Å². The van der Waals surface area contributed by atoms with Crippen LogP contribution in [0.25, 0.3) is 11.0 Å². The molecule has 4 aromatic rings. The van der Waals surface area contributed by atoms with Crippen LogP contribution in [0.15, 0.2) is 47.2 Å². The van der Waals surface area contributed by atoms with Crippen LogP contribution in [0.4, 0.5) is 14.0 Å². The number of rotatable bonds is 3. The molecule has 0 saturated carbocycles. The van der Waals surface area contributed by atoms with Gasteiger partial charge in [0, 0.05) is 28.5 Å². The summed E-state index contributed by atoms with van der Waals surface area (Å²) in [6.45, 7) is 1.81. The number of benzene rings is 2. The second-order valence-corrected chi connectivity index (χ2v) is 8.47. The number of fused-ring (bicyclic) bond motifs is 2. The number of carbonyl (C=O) groups excluding carboxylic acids is 1. The van der Waals surface area contributed by atoms with Crippen molar-refractivity contribution in [2.75, 3.05) is 4.90 Å². The first-order valence-electron chi connectivity index (χ1n) is 8.99. The summed E-state index contributed by atoms with van der Waals surface area (Å²) in [7, 11) is 1.76. The van der Waals surface area contributed by atoms with Gasteiger partial charge in [-0.05, 0) is 37.3 Å². The van der Waals surface area contributed by atoms with Gasteiger partial charge in [-0.2, -0.15) is 5.10 Å². The molecular weight excluding hydrogens is 476 g/mol. The van der Waals surface area contributed by atoms with E-state index in [2.05, 4.69) is 26.0 Å². The van der Waals surface area contributed by atoms with Crippen LogP contribution in [-0.4, -0.2) is 24.6 Å². The van der Waals surface area contributed by atoms with Gasteiger partial charge in [0.05, 0.1) is 16.6 Å². The molecule has 1 amide bonds. The second-order valence-electron chi connectivity index (χ2n) is 7.03. The van der Waals surface area contributed by atoms with Crippen LogP contribution in [0, 0.1) is 12.7 Å². The fraction of sp³-hybridized carbons (Fsp3) is 0.150. The maximum Gasteiger partial charge on any atom is 0.263 e. The largest absolute Gasteiger partial charge is 0.295 e. The Labute approximate surface area is 183 Å². The van der Waals surface area contributed by atoms with Gasteiger partial charge in [-0.3, -0.25) is 14.4 Å². The number of hydrogen-bond acceptors (Lipinski definition) is 4. The Morgan fingerprint density at radius 2 is 2.00 bits per heavy atom. The average molecular weight is 490 g/mol. The minimum Gasteiger partial charge on any atom is -0.295 e. The Kier molecular flexibility index (Phi) is 4.44. The maximum absolute atomic E-state index is 15.0. The number of nitrogens with zero attached hydrogens (tertiary/aromatic N) is 5. The van der Waals surface area contributed by atoms with Crippen LogP contribution in [0.1, 0.15) is 33.4 Å². The quantitative estimate of drug-likeness (QED) is 0.401. The van der Waals surface area contributed by atoms with Gasteiger partial charge in [0.25, 0.3) is 5.91 Å². The first kappa shape index (κ1) is 19.3. The molecule has 0 spiro atoms. The summed E-state index contributed by atoms with van der Waals surface area (Å²) in [4.78, 5) is 19.2. The predicted octanol–water partition coefficient (Wildman–Crippen LogP) is 5.11. The molecule has 30 heavy (non-hydrogen) atoms. The number of hydrogen-bond donors (Lipinski definition) is 0. The third-order valence-corrected chi connectivity index (χ3v) is 6.35. The van der Waals surface area contributed by atoms with Crippen molar-refractivity contribution >= 4 is 50.9 Å². The van der Waals surface area contributed by atoms with Crippen LogP contribution >= 0.6 is 28.3 Å². The van der Waals surface area contributed by atoms with Crippen molar-refractivity contribution < 1.29 is 13.1 Å². The number of halogens is 3. The Balaban J connectivity index is 1.72. The molecule has 0 saturated heterocycles. The molecule has 10 heteroatoms. The van der Waals surface area contributed by atoms with Crippen molar-refractivity contribution in [2.24, 2.45) is 7.05 Å². The lowest BCUT2D eigenvalue weighted by Crippen LogP contribution is -2.30. The third-order valence-electron chi connectivity index (χ3n) is 5.42. The number of amides is 1. The van der Waals surface area contributed by atoms with E-state index in [0.717, 1.165) is 0 Å². The summed E-state index contributed by atoms with van der Waals surface area (Å²) in [6.07, 6.45) is 1.37. The number of carbonyl (C=O) groups is 1. The molecule has 3 heterocycles. The van der Waals surface area contributed by atoms with E-state index >= 15 is 0 Å². The molecule has 6 nitrogen and oxygen atoms in total. The van der Waals surface area contributed by atoms with Gasteiger partial charge in [-0.25, -0.2) is 13.3 Å². The first-order valence-corrected chi connectivity index (χ1v) is 10.5. The van der Waals surface area contributed by atoms with E-state index in [0.29, 0.717) is 43.7 Å². The van der Waals surface area contributed by atoms with Gasteiger partial charge in [0.1, 0.15) is 23.9 Å². The number of aryl methyl sites for hydroxylation is 1. The van der Waals surface area contributed by atoms with Crippen molar-refractivity contribution in [3.63, 3.8) is 0 Å². The summed E-state index contributed by atoms with van der Waals surface area (Å²) >= 11 is 3.32. The van der Waals surface area contributed by atoms with Crippen LogP contribution in [0.5, 0.6) is 0 Å². The minimum atomic E-state index is -0.726. The van der Waals surface area contributed by atoms with E-state index in [1.165, 1.54) is 21.3 Å². The highest BCUT2D eigenvalue weighted by Gasteiger charge is 2.44. The van der Waals surface area contributed by atoms with Crippen molar-refractivity contribution in [1.82, 2.24) is 18.7 Å². The Hall–Kier alpha value is -2.72. The topological polar surface area (TPSA) is 56.0 Å². The summed E-state index contributed by atoms with van der Waals surface area (Å²) in [6, 6.07) is 9.12. The van der Waals surface area contributed by atoms with Crippen molar-refractivity contribution in [3.05, 3.63) is 75.5 Å². The SMILES string of the molecule is Cc1c2c(nn1C)C(c1ccc(Br)cc1F)N(c1ccc3c(c1)ncn3SF)C2=O. The average Bonchev–Trinajstić information content (AvgIpc) is 3.34. The summed E-state index contributed by atoms with van der Waals surface area (Å²) < 4.78 is 31.5. The van der Waals surface area contributed by atoms with Gasteiger partial charge in [0.15, 0.2) is 12.3 Å². The molecule has 1 aliphatic rings. The molecule has 1 atom stereocenters. The lowest BCUT2D eigenvalue weighted by atomic mass is 10.0. The Bertz CT molecular complexity index is 1330. The summed E-state index contributed by atoms with van der Waals surface area (Å²) in [5.74, 6) is -0.705. The fourth-order valence-electron chi connectivity index (χ4n) is 3.91. The van der Waals surface area contributed by atoms with E-state index in [9.17, 15) is 13.1 Å². The van der Waals surface area contributed by atoms with Crippen molar-refractivity contribution in [3.8, 4) is 0 Å². The number of imidazole rings is 1. The molecular formula is C20H14BrF2N5OS. The molecule has 1 unspecified atom stereocenters. The van der Waals surface area contributed by atoms with Crippen LogP contribution in [0.3, 0.4) is 0 Å². The van der Waals surface area contributed by atoms with E-state index in [1.807, 2.05) is 6.92 Å². The standard InChI is InChI=1S/C20H14BrF2N5OS/c1-10-17-18(25-26(10)2)19(13-5-3-11(21)7-14(13)22)28(20(17)29)12-4-6-16-15(8-12)24-9-27(16)30-23/h3-9,19H,1-2H3. The molecule has 0 aliphatic carbocycles. The fourth-order valence-corrected chi connectivity index (χ4v) is 4.55. The van der Waals surface area contributed by atoms with E-state index in [1.54, 1.807) is 42.1 Å². The van der Waals surface area contributed by atoms with Gasteiger partial charge < -0.3 is 0 Å². The summed E-state index contributed by atoms with van der Waals surface area (Å²) in [5, 5.41) is 4.52. The molecule has 1 aliphatic heterocycles. The van der Waals surface area contributed by atoms with Crippen LogP contribution in [0.2, 0.25) is 0 Å². The third kappa shape index (κ3) is 2.70. The number of anilines is 1. The lowest BCUT2D eigenvalue weighted by molar-refractivity contribution is 0.0992. The predicted molar refractivity (Wildman–Crippen MR) is 115 cm³/mol. The number of aromatic nitrogens is 4. The highest BCUT2D eigenvalue weighted by Crippen LogP contribution is 2.43. The van der Waals surface area contributed by atoms with Gasteiger partial charge in [-0.1, -0.05) is 22.0 Å². The zero-order chi connectivity index (χ0) is 21.2. The molecule has 2 aromatic heterocycles. The monoisotopic (exact) mass is 489 g/mol. The Morgan fingerprint density at radius 3 is 2.73 bits per heavy atom. The summed E-state index contributed by atoms with van der Waals surface area (Å²) in [5.41, 5.74) is 3.67. The smallest absolute Gasteiger partial charge is 0.263 e. The molecule has 0 fully saturated rings. The molecule has 152 valence electrons. The van der Waals surface area contributed by atoms with Crippen LogP contribution in [-0.2, 0) is 7.05 Å². The molecule has 0 N–H and O–H groups in total. The Morgan fingerprint density at radius 1 is 1.20 bits per heavy atom. The van der Waals surface area contributed by atoms with E-state index < -0.39 is 11.9 Å². The zero-order valence-corrected chi connectivity index (χ0v) is 18.2. The van der Waals surface area contributed by atoms with Crippen molar-refractivity contribution in [2.45, 2.75) is 13.0 Å². The molecule has 0 radical (unpaired) electrons. The normalized spacial score (nSPS) is 16.0. The highest BCUT2D eigenvalue weighted by atomic mass is 79.9. The maximum atomic E-state index is 15.0. The van der Waals surface area contributed by atoms with Crippen LogP contribution < -0.4 is 4.90 Å². The van der Waals surface area contributed by atoms with Gasteiger partial charge in [-0.15, -0.1) is 3.89 Å². The first-order chi connectivity index (χ1) is 14.4. The highest BCUT2D eigenvalue weighted by molar-refractivity contribution is 9.10. The second kappa shape index (κ2) is 6.92. The van der Waals surface area contributed by atoms with E-state index in [4.69, 9.17) is 0 Å². The molecule has 5 rings (SSSR count).